The van der Waals surface area contributed by atoms with Gasteiger partial charge in [-0.15, -0.1) is 0 Å². The first-order valence-electron chi connectivity index (χ1n) is 15.8. The van der Waals surface area contributed by atoms with Crippen LogP contribution in [0.2, 0.25) is 0 Å². The van der Waals surface area contributed by atoms with Crippen molar-refractivity contribution in [2.75, 3.05) is 0 Å². The van der Waals surface area contributed by atoms with Crippen LogP contribution in [0.4, 0.5) is 0 Å². The number of fused-ring (bicyclic) bond motifs is 5. The number of benzene rings is 1. The number of aliphatic hydroxyl groups is 1. The fourth-order valence-electron chi connectivity index (χ4n) is 9.57. The van der Waals surface area contributed by atoms with Gasteiger partial charge in [-0.1, -0.05) is 77.7 Å². The molecule has 39 heavy (non-hydrogen) atoms. The highest BCUT2D eigenvalue weighted by atomic mass is 16.5. The predicted octanol–water partition coefficient (Wildman–Crippen LogP) is 7.79. The first kappa shape index (κ1) is 28.6. The quantitative estimate of drug-likeness (QED) is 0.346. The van der Waals surface area contributed by atoms with Gasteiger partial charge in [0.15, 0.2) is 5.78 Å². The minimum Gasteiger partial charge on any atom is -0.459 e. The zero-order valence-corrected chi connectivity index (χ0v) is 24.8. The van der Waals surface area contributed by atoms with Crippen LogP contribution in [-0.2, 0) is 9.53 Å². The van der Waals surface area contributed by atoms with Crippen molar-refractivity contribution in [3.05, 3.63) is 47.5 Å². The monoisotopic (exact) mass is 534 g/mol. The highest BCUT2D eigenvalue weighted by Crippen LogP contribution is 2.66. The maximum absolute atomic E-state index is 13.7. The summed E-state index contributed by atoms with van der Waals surface area (Å²) in [5, 5.41) is 11.8. The highest BCUT2D eigenvalue weighted by Gasteiger charge is 2.62. The van der Waals surface area contributed by atoms with Crippen LogP contribution in [0.1, 0.15) is 109 Å². The van der Waals surface area contributed by atoms with Crippen molar-refractivity contribution < 1.29 is 19.4 Å². The summed E-state index contributed by atoms with van der Waals surface area (Å²) in [6.45, 7) is 11.7. The van der Waals surface area contributed by atoms with E-state index in [9.17, 15) is 14.7 Å². The van der Waals surface area contributed by atoms with E-state index in [1.54, 1.807) is 12.1 Å². The van der Waals surface area contributed by atoms with Crippen LogP contribution in [0.3, 0.4) is 0 Å². The Balaban J connectivity index is 1.30. The lowest BCUT2D eigenvalue weighted by atomic mass is 9.47. The number of hydrogen-bond acceptors (Lipinski definition) is 4. The number of carbonyl (C=O) groups excluding carboxylic acids is 2. The summed E-state index contributed by atoms with van der Waals surface area (Å²) in [5.74, 6) is 2.27. The van der Waals surface area contributed by atoms with E-state index in [1.807, 2.05) is 24.3 Å². The average Bonchev–Trinajstić information content (AvgIpc) is 3.23. The van der Waals surface area contributed by atoms with Crippen molar-refractivity contribution in [1.29, 1.82) is 0 Å². The average molecular weight is 535 g/mol. The Morgan fingerprint density at radius 3 is 2.51 bits per heavy atom. The number of rotatable bonds is 8. The number of carbonyl (C=O) groups is 2. The molecule has 4 heteroatoms. The standard InChI is InChI=1S/C35H50O4/c1-6-23(22(2)3)13-10-14-25-15-16-28-27-20-30(36)29-19-26(39-33(38)24-11-8-7-9-12-24)17-18-34(29,4)32(27)31(37)21-35(25,28)5/h7-9,11-12,20,22-23,25-26,28-29,31-32,37H,6,10,13-19,21H2,1-5H3. The third-order valence-electron chi connectivity index (χ3n) is 11.9. The molecule has 0 aromatic heterocycles. The van der Waals surface area contributed by atoms with E-state index in [-0.39, 0.29) is 40.5 Å². The Morgan fingerprint density at radius 1 is 1.08 bits per heavy atom. The first-order valence-corrected chi connectivity index (χ1v) is 15.8. The van der Waals surface area contributed by atoms with Crippen LogP contribution >= 0.6 is 0 Å². The Hall–Kier alpha value is -1.94. The molecule has 3 fully saturated rings. The van der Waals surface area contributed by atoms with E-state index in [4.69, 9.17) is 4.74 Å². The fourth-order valence-corrected chi connectivity index (χ4v) is 9.57. The molecule has 9 unspecified atom stereocenters. The van der Waals surface area contributed by atoms with Gasteiger partial charge in [-0.25, -0.2) is 4.79 Å². The number of ketones is 1. The first-order chi connectivity index (χ1) is 18.6. The zero-order valence-electron chi connectivity index (χ0n) is 24.8. The van der Waals surface area contributed by atoms with Crippen LogP contribution in [0.5, 0.6) is 0 Å². The number of esters is 1. The van der Waals surface area contributed by atoms with Crippen molar-refractivity contribution in [1.82, 2.24) is 0 Å². The molecule has 0 saturated heterocycles. The molecule has 0 amide bonds. The number of allylic oxidation sites excluding steroid dienone is 1. The van der Waals surface area contributed by atoms with Gasteiger partial charge in [0.05, 0.1) is 11.7 Å². The summed E-state index contributed by atoms with van der Waals surface area (Å²) in [7, 11) is 0. The molecule has 9 atom stereocenters. The molecule has 4 aliphatic rings. The molecule has 4 nitrogen and oxygen atoms in total. The molecule has 0 bridgehead atoms. The molecular weight excluding hydrogens is 484 g/mol. The van der Waals surface area contributed by atoms with Gasteiger partial charge in [0.25, 0.3) is 0 Å². The fraction of sp³-hybridized carbons (Fsp3) is 0.714. The summed E-state index contributed by atoms with van der Waals surface area (Å²) in [6.07, 6.45) is 11.6. The van der Waals surface area contributed by atoms with Gasteiger partial charge in [-0.3, -0.25) is 4.79 Å². The maximum atomic E-state index is 13.7. The van der Waals surface area contributed by atoms with Crippen LogP contribution in [0.15, 0.2) is 42.0 Å². The zero-order chi connectivity index (χ0) is 27.9. The Morgan fingerprint density at radius 2 is 1.82 bits per heavy atom. The molecule has 214 valence electrons. The summed E-state index contributed by atoms with van der Waals surface area (Å²) in [5.41, 5.74) is 1.60. The molecule has 0 radical (unpaired) electrons. The molecule has 3 saturated carbocycles. The lowest BCUT2D eigenvalue weighted by Crippen LogP contribution is -2.57. The van der Waals surface area contributed by atoms with Crippen molar-refractivity contribution in [3.8, 4) is 0 Å². The third kappa shape index (κ3) is 5.16. The van der Waals surface area contributed by atoms with Crippen LogP contribution in [0.25, 0.3) is 0 Å². The second-order valence-electron chi connectivity index (χ2n) is 14.2. The van der Waals surface area contributed by atoms with E-state index in [0.29, 0.717) is 23.8 Å². The highest BCUT2D eigenvalue weighted by molar-refractivity contribution is 5.95. The van der Waals surface area contributed by atoms with Crippen molar-refractivity contribution >= 4 is 11.8 Å². The molecule has 1 aromatic rings. The minimum atomic E-state index is -0.416. The lowest BCUT2D eigenvalue weighted by molar-refractivity contribution is -0.140. The number of ether oxygens (including phenoxy) is 1. The van der Waals surface area contributed by atoms with E-state index in [1.165, 1.54) is 37.7 Å². The molecule has 0 spiro atoms. The second-order valence-corrected chi connectivity index (χ2v) is 14.2. The minimum absolute atomic E-state index is 0.0354. The molecule has 0 heterocycles. The van der Waals surface area contributed by atoms with Gasteiger partial charge < -0.3 is 9.84 Å². The summed E-state index contributed by atoms with van der Waals surface area (Å²) in [6, 6.07) is 9.10. The molecular formula is C35H50O4. The van der Waals surface area contributed by atoms with E-state index < -0.39 is 6.10 Å². The van der Waals surface area contributed by atoms with Gasteiger partial charge in [0.1, 0.15) is 6.10 Å². The Bertz CT molecular complexity index is 1080. The third-order valence-corrected chi connectivity index (χ3v) is 11.9. The number of hydrogen-bond donors (Lipinski definition) is 1. The SMILES string of the molecule is CCC(CCCC1CCC2C3=CC(=O)C4CC(OC(=O)c5ccccc5)CCC4(C)C3C(O)CC12C)C(C)C. The summed E-state index contributed by atoms with van der Waals surface area (Å²) < 4.78 is 5.88. The topological polar surface area (TPSA) is 63.6 Å². The van der Waals surface area contributed by atoms with Crippen LogP contribution < -0.4 is 0 Å². The van der Waals surface area contributed by atoms with E-state index in [2.05, 4.69) is 34.6 Å². The van der Waals surface area contributed by atoms with Gasteiger partial charge in [-0.2, -0.15) is 0 Å². The van der Waals surface area contributed by atoms with Crippen LogP contribution in [-0.4, -0.2) is 29.1 Å². The summed E-state index contributed by atoms with van der Waals surface area (Å²) >= 11 is 0. The molecule has 1 N–H and O–H groups in total. The molecule has 4 aliphatic carbocycles. The molecule has 0 aliphatic heterocycles. The van der Waals surface area contributed by atoms with Gasteiger partial charge in [-0.05, 0) is 97.7 Å². The molecule has 5 rings (SSSR count). The number of aliphatic hydroxyl groups excluding tert-OH is 1. The Kier molecular flexibility index (Phi) is 8.17. The smallest absolute Gasteiger partial charge is 0.338 e. The van der Waals surface area contributed by atoms with Crippen LogP contribution in [0, 0.1) is 46.3 Å². The predicted molar refractivity (Wildman–Crippen MR) is 155 cm³/mol. The largest absolute Gasteiger partial charge is 0.459 e. The van der Waals surface area contributed by atoms with E-state index >= 15 is 0 Å². The van der Waals surface area contributed by atoms with E-state index in [0.717, 1.165) is 37.5 Å². The normalized spacial score (nSPS) is 38.4. The maximum Gasteiger partial charge on any atom is 0.338 e. The van der Waals surface area contributed by atoms with Crippen molar-refractivity contribution in [2.24, 2.45) is 46.3 Å². The van der Waals surface area contributed by atoms with Gasteiger partial charge in [0.2, 0.25) is 0 Å². The van der Waals surface area contributed by atoms with Crippen molar-refractivity contribution in [2.45, 2.75) is 111 Å². The lowest BCUT2D eigenvalue weighted by Gasteiger charge is -2.58. The second kappa shape index (κ2) is 11.1. The molecule has 1 aromatic carbocycles. The Labute approximate surface area is 236 Å². The van der Waals surface area contributed by atoms with Gasteiger partial charge in [0, 0.05) is 11.8 Å². The van der Waals surface area contributed by atoms with Crippen molar-refractivity contribution in [3.63, 3.8) is 0 Å². The van der Waals surface area contributed by atoms with Gasteiger partial charge >= 0.3 is 5.97 Å². The summed E-state index contributed by atoms with van der Waals surface area (Å²) in [4.78, 5) is 26.4.